The van der Waals surface area contributed by atoms with E-state index in [1.54, 1.807) is 6.07 Å². The normalized spacial score (nSPS) is 10.4. The Labute approximate surface area is 97.8 Å². The van der Waals surface area contributed by atoms with Crippen molar-refractivity contribution in [3.05, 3.63) is 40.2 Å². The summed E-state index contributed by atoms with van der Waals surface area (Å²) in [7, 11) is 0. The molecule has 2 rings (SSSR count). The van der Waals surface area contributed by atoms with Gasteiger partial charge < -0.3 is 9.63 Å². The molecule has 0 saturated carbocycles. The van der Waals surface area contributed by atoms with Gasteiger partial charge >= 0.3 is 5.97 Å². The molecule has 1 N–H and O–H groups in total. The smallest absolute Gasteiger partial charge is 0.358 e. The number of carbonyl (C=O) groups is 1. The number of hydrogen-bond acceptors (Lipinski definition) is 3. The van der Waals surface area contributed by atoms with Crippen LogP contribution in [0.15, 0.2) is 33.3 Å². The third kappa shape index (κ3) is 2.11. The predicted octanol–water partition coefficient (Wildman–Crippen LogP) is 2.94. The lowest BCUT2D eigenvalue weighted by molar-refractivity contribution is 0.0686. The molecule has 0 radical (unpaired) electrons. The van der Waals surface area contributed by atoms with Gasteiger partial charge in [-0.3, -0.25) is 0 Å². The topological polar surface area (TPSA) is 63.3 Å². The van der Waals surface area contributed by atoms with E-state index in [1.807, 2.05) is 0 Å². The lowest BCUT2D eigenvalue weighted by Gasteiger charge is -1.97. The third-order valence-electron chi connectivity index (χ3n) is 1.88. The highest BCUT2D eigenvalue weighted by atomic mass is 79.9. The Morgan fingerprint density at radius 3 is 2.69 bits per heavy atom. The number of aromatic carboxylic acids is 1. The van der Waals surface area contributed by atoms with Crippen molar-refractivity contribution >= 4 is 21.9 Å². The van der Waals surface area contributed by atoms with Crippen molar-refractivity contribution in [2.45, 2.75) is 0 Å². The fourth-order valence-corrected chi connectivity index (χ4v) is 1.67. The van der Waals surface area contributed by atoms with Gasteiger partial charge in [0.25, 0.3) is 0 Å². The number of carboxylic acids is 1. The summed E-state index contributed by atoms with van der Waals surface area (Å²) < 4.78 is 18.4. The standard InChI is InChI=1S/C10H5BrFNO3/c11-6-1-5(2-7(12)3-6)9-4-8(10(14)15)13-16-9/h1-4H,(H,14,15). The van der Waals surface area contributed by atoms with Crippen LogP contribution in [-0.2, 0) is 0 Å². The van der Waals surface area contributed by atoms with Crippen LogP contribution in [0.4, 0.5) is 4.39 Å². The van der Waals surface area contributed by atoms with Crippen molar-refractivity contribution < 1.29 is 18.8 Å². The molecule has 1 aromatic heterocycles. The van der Waals surface area contributed by atoms with Crippen LogP contribution < -0.4 is 0 Å². The number of rotatable bonds is 2. The van der Waals surface area contributed by atoms with Crippen molar-refractivity contribution in [1.29, 1.82) is 0 Å². The Morgan fingerprint density at radius 1 is 1.38 bits per heavy atom. The van der Waals surface area contributed by atoms with E-state index >= 15 is 0 Å². The quantitative estimate of drug-likeness (QED) is 0.921. The fourth-order valence-electron chi connectivity index (χ4n) is 1.21. The zero-order valence-corrected chi connectivity index (χ0v) is 9.36. The van der Waals surface area contributed by atoms with Crippen molar-refractivity contribution in [3.8, 4) is 11.3 Å². The minimum atomic E-state index is -1.19. The van der Waals surface area contributed by atoms with Crippen molar-refractivity contribution in [2.75, 3.05) is 0 Å². The van der Waals surface area contributed by atoms with Crippen molar-refractivity contribution in [1.82, 2.24) is 5.16 Å². The average Bonchev–Trinajstić information content (AvgIpc) is 2.64. The second-order valence-corrected chi connectivity index (χ2v) is 3.96. The molecule has 0 aliphatic carbocycles. The van der Waals surface area contributed by atoms with Gasteiger partial charge in [0.05, 0.1) is 0 Å². The van der Waals surface area contributed by atoms with E-state index in [0.29, 0.717) is 10.0 Å². The van der Waals surface area contributed by atoms with Crippen LogP contribution >= 0.6 is 15.9 Å². The monoisotopic (exact) mass is 285 g/mol. The minimum Gasteiger partial charge on any atom is -0.476 e. The molecule has 82 valence electrons. The summed E-state index contributed by atoms with van der Waals surface area (Å²) in [4.78, 5) is 10.6. The van der Waals surface area contributed by atoms with E-state index < -0.39 is 11.8 Å². The van der Waals surface area contributed by atoms with Crippen LogP contribution in [-0.4, -0.2) is 16.2 Å². The molecule has 6 heteroatoms. The highest BCUT2D eigenvalue weighted by Crippen LogP contribution is 2.25. The Bertz CT molecular complexity index is 532. The Hall–Kier alpha value is -1.69. The Kier molecular flexibility index (Phi) is 2.74. The fraction of sp³-hybridized carbons (Fsp3) is 0. The molecule has 1 heterocycles. The van der Waals surface area contributed by atoms with Crippen LogP contribution in [0, 0.1) is 5.82 Å². The van der Waals surface area contributed by atoms with Gasteiger partial charge in [0, 0.05) is 16.1 Å². The first-order valence-corrected chi connectivity index (χ1v) is 5.02. The van der Waals surface area contributed by atoms with Gasteiger partial charge in [-0.1, -0.05) is 21.1 Å². The number of benzene rings is 1. The molecule has 1 aromatic carbocycles. The molecule has 2 aromatic rings. The molecule has 0 unspecified atom stereocenters. The van der Waals surface area contributed by atoms with Crippen molar-refractivity contribution in [3.63, 3.8) is 0 Å². The zero-order valence-electron chi connectivity index (χ0n) is 7.78. The first kappa shape index (κ1) is 10.8. The molecule has 0 fully saturated rings. The van der Waals surface area contributed by atoms with Gasteiger partial charge in [-0.05, 0) is 18.2 Å². The molecule has 16 heavy (non-hydrogen) atoms. The summed E-state index contributed by atoms with van der Waals surface area (Å²) >= 11 is 3.13. The number of aromatic nitrogens is 1. The molecular formula is C10H5BrFNO3. The number of carboxylic acid groups (broad SMARTS) is 1. The predicted molar refractivity (Wildman–Crippen MR) is 56.6 cm³/mol. The maximum Gasteiger partial charge on any atom is 0.358 e. The van der Waals surface area contributed by atoms with Gasteiger partial charge in [-0.15, -0.1) is 0 Å². The number of halogens is 2. The number of nitrogens with zero attached hydrogens (tertiary/aromatic N) is 1. The summed E-state index contributed by atoms with van der Waals surface area (Å²) in [6, 6.07) is 5.37. The second kappa shape index (κ2) is 4.05. The molecule has 0 aliphatic rings. The van der Waals surface area contributed by atoms with Crippen LogP contribution in [0.3, 0.4) is 0 Å². The average molecular weight is 286 g/mol. The highest BCUT2D eigenvalue weighted by molar-refractivity contribution is 9.10. The maximum atomic E-state index is 13.1. The summed E-state index contributed by atoms with van der Waals surface area (Å²) in [5, 5.41) is 12.0. The van der Waals surface area contributed by atoms with Crippen molar-refractivity contribution in [2.24, 2.45) is 0 Å². The first-order chi connectivity index (χ1) is 7.56. The summed E-state index contributed by atoms with van der Waals surface area (Å²) in [6.07, 6.45) is 0. The molecule has 0 amide bonds. The summed E-state index contributed by atoms with van der Waals surface area (Å²) in [6.45, 7) is 0. The zero-order chi connectivity index (χ0) is 11.7. The van der Waals surface area contributed by atoms with Crippen LogP contribution in [0.5, 0.6) is 0 Å². The van der Waals surface area contributed by atoms with Gasteiger partial charge in [0.2, 0.25) is 0 Å². The Balaban J connectivity index is 2.46. The SMILES string of the molecule is O=C(O)c1cc(-c2cc(F)cc(Br)c2)on1. The molecule has 0 atom stereocenters. The van der Waals surface area contributed by atoms with E-state index in [1.165, 1.54) is 18.2 Å². The lowest BCUT2D eigenvalue weighted by atomic mass is 10.1. The third-order valence-corrected chi connectivity index (χ3v) is 2.33. The minimum absolute atomic E-state index is 0.206. The molecule has 0 saturated heterocycles. The van der Waals surface area contributed by atoms with Gasteiger partial charge in [0.15, 0.2) is 11.5 Å². The van der Waals surface area contributed by atoms with E-state index in [-0.39, 0.29) is 11.5 Å². The first-order valence-electron chi connectivity index (χ1n) is 4.23. The van der Waals surface area contributed by atoms with Gasteiger partial charge in [-0.25, -0.2) is 9.18 Å². The maximum absolute atomic E-state index is 13.1. The van der Waals surface area contributed by atoms with Crippen LogP contribution in [0.2, 0.25) is 0 Å². The molecule has 4 nitrogen and oxygen atoms in total. The molecule has 0 bridgehead atoms. The van der Waals surface area contributed by atoms with E-state index in [4.69, 9.17) is 9.63 Å². The van der Waals surface area contributed by atoms with Gasteiger partial charge in [0.1, 0.15) is 5.82 Å². The second-order valence-electron chi connectivity index (χ2n) is 3.04. The van der Waals surface area contributed by atoms with E-state index in [9.17, 15) is 9.18 Å². The van der Waals surface area contributed by atoms with Crippen LogP contribution in [0.1, 0.15) is 10.5 Å². The largest absolute Gasteiger partial charge is 0.476 e. The number of hydrogen-bond donors (Lipinski definition) is 1. The summed E-state index contributed by atoms with van der Waals surface area (Å²) in [5.41, 5.74) is 0.210. The summed E-state index contributed by atoms with van der Waals surface area (Å²) in [5.74, 6) is -1.43. The molecular weight excluding hydrogens is 281 g/mol. The van der Waals surface area contributed by atoms with E-state index in [0.717, 1.165) is 0 Å². The molecule has 0 spiro atoms. The Morgan fingerprint density at radius 2 is 2.12 bits per heavy atom. The lowest BCUT2D eigenvalue weighted by Crippen LogP contribution is -1.94. The van der Waals surface area contributed by atoms with Crippen LogP contribution in [0.25, 0.3) is 11.3 Å². The molecule has 0 aliphatic heterocycles. The van der Waals surface area contributed by atoms with Gasteiger partial charge in [-0.2, -0.15) is 0 Å². The highest BCUT2D eigenvalue weighted by Gasteiger charge is 2.13. The van der Waals surface area contributed by atoms with E-state index in [2.05, 4.69) is 21.1 Å².